The highest BCUT2D eigenvalue weighted by atomic mass is 32.2. The van der Waals surface area contributed by atoms with Gasteiger partial charge in [0.1, 0.15) is 0 Å². The Balaban J connectivity index is 1.28. The molecule has 5 nitrogen and oxygen atoms in total. The molecule has 6 heteroatoms. The van der Waals surface area contributed by atoms with Crippen LogP contribution in [0.15, 0.2) is 53.4 Å². The van der Waals surface area contributed by atoms with E-state index < -0.39 is 10.0 Å². The van der Waals surface area contributed by atoms with Crippen molar-refractivity contribution >= 4 is 15.7 Å². The molecule has 1 aliphatic heterocycles. The second kappa shape index (κ2) is 7.42. The van der Waals surface area contributed by atoms with Crippen molar-refractivity contribution in [1.29, 1.82) is 0 Å². The van der Waals surface area contributed by atoms with Crippen LogP contribution in [0.5, 0.6) is 0 Å². The summed E-state index contributed by atoms with van der Waals surface area (Å²) < 4.78 is 27.6. The lowest BCUT2D eigenvalue weighted by Gasteiger charge is -2.27. The van der Waals surface area contributed by atoms with Crippen molar-refractivity contribution in [3.8, 4) is 0 Å². The summed E-state index contributed by atoms with van der Waals surface area (Å²) in [4.78, 5) is 0.357. The van der Waals surface area contributed by atoms with Gasteiger partial charge in [0.15, 0.2) is 0 Å². The minimum atomic E-state index is -3.49. The predicted molar refractivity (Wildman–Crippen MR) is 116 cm³/mol. The van der Waals surface area contributed by atoms with Crippen molar-refractivity contribution < 1.29 is 8.42 Å². The van der Waals surface area contributed by atoms with Crippen molar-refractivity contribution in [2.24, 2.45) is 5.73 Å². The van der Waals surface area contributed by atoms with Crippen LogP contribution >= 0.6 is 0 Å². The fourth-order valence-corrected chi connectivity index (χ4v) is 6.45. The summed E-state index contributed by atoms with van der Waals surface area (Å²) in [5, 5.41) is 3.82. The fraction of sp³-hybridized carbons (Fsp3) is 0.478. The van der Waals surface area contributed by atoms with Crippen LogP contribution in [0.4, 0.5) is 5.69 Å². The lowest BCUT2D eigenvalue weighted by Crippen LogP contribution is -2.38. The van der Waals surface area contributed by atoms with Gasteiger partial charge in [0.05, 0.1) is 10.6 Å². The number of rotatable bonds is 5. The second-order valence-electron chi connectivity index (χ2n) is 8.76. The Kier molecular flexibility index (Phi) is 4.88. The van der Waals surface area contributed by atoms with Crippen LogP contribution in [0, 0.1) is 0 Å². The van der Waals surface area contributed by atoms with Gasteiger partial charge in [-0.3, -0.25) is 4.31 Å². The normalized spacial score (nSPS) is 28.9. The average Bonchev–Trinajstić information content (AvgIpc) is 3.36. The van der Waals surface area contributed by atoms with Crippen LogP contribution in [-0.2, 0) is 16.4 Å². The molecule has 3 aliphatic rings. The van der Waals surface area contributed by atoms with Gasteiger partial charge in [0.2, 0.25) is 0 Å². The molecule has 2 saturated carbocycles. The first-order valence-corrected chi connectivity index (χ1v) is 12.2. The van der Waals surface area contributed by atoms with E-state index in [1.165, 1.54) is 24.8 Å². The summed E-state index contributed by atoms with van der Waals surface area (Å²) in [5.41, 5.74) is 9.34. The molecule has 0 aromatic heterocycles. The molecule has 0 bridgehead atoms. The lowest BCUT2D eigenvalue weighted by atomic mass is 9.92. The number of anilines is 1. The van der Waals surface area contributed by atoms with Crippen LogP contribution in [0.25, 0.3) is 0 Å². The molecule has 3 N–H and O–H groups in total. The smallest absolute Gasteiger partial charge is 0.264 e. The molecule has 2 atom stereocenters. The van der Waals surface area contributed by atoms with Crippen LogP contribution < -0.4 is 15.4 Å². The van der Waals surface area contributed by atoms with E-state index in [-0.39, 0.29) is 0 Å². The van der Waals surface area contributed by atoms with Gasteiger partial charge < -0.3 is 11.1 Å². The zero-order valence-electron chi connectivity index (χ0n) is 16.6. The highest BCUT2D eigenvalue weighted by Gasteiger charge is 2.41. The Morgan fingerprint density at radius 3 is 2.52 bits per heavy atom. The minimum Gasteiger partial charge on any atom is -0.328 e. The van der Waals surface area contributed by atoms with Crippen LogP contribution in [0.1, 0.15) is 49.1 Å². The largest absolute Gasteiger partial charge is 0.328 e. The van der Waals surface area contributed by atoms with E-state index in [9.17, 15) is 8.42 Å². The van der Waals surface area contributed by atoms with E-state index in [0.717, 1.165) is 30.5 Å². The predicted octanol–water partition coefficient (Wildman–Crippen LogP) is 3.15. The van der Waals surface area contributed by atoms with E-state index in [2.05, 4.69) is 17.4 Å². The Labute approximate surface area is 173 Å². The monoisotopic (exact) mass is 411 g/mol. The first-order chi connectivity index (χ1) is 14.0. The summed E-state index contributed by atoms with van der Waals surface area (Å²) in [5.74, 6) is 0.552. The quantitative estimate of drug-likeness (QED) is 0.793. The van der Waals surface area contributed by atoms with Gasteiger partial charge in [0.25, 0.3) is 10.0 Å². The number of hydrogen-bond acceptors (Lipinski definition) is 4. The van der Waals surface area contributed by atoms with E-state index >= 15 is 0 Å². The molecule has 29 heavy (non-hydrogen) atoms. The number of nitrogens with one attached hydrogen (secondary N) is 1. The van der Waals surface area contributed by atoms with E-state index in [1.54, 1.807) is 28.6 Å². The fourth-order valence-electron chi connectivity index (χ4n) is 4.93. The molecule has 1 heterocycles. The third-order valence-electron chi connectivity index (χ3n) is 6.73. The maximum Gasteiger partial charge on any atom is 0.264 e. The van der Waals surface area contributed by atoms with Gasteiger partial charge in [-0.1, -0.05) is 30.3 Å². The number of fused-ring (bicyclic) bond motifs is 1. The molecular weight excluding hydrogens is 382 g/mol. The highest BCUT2D eigenvalue weighted by molar-refractivity contribution is 7.92. The molecule has 0 amide bonds. The van der Waals surface area contributed by atoms with Crippen molar-refractivity contribution in [2.45, 2.75) is 67.5 Å². The van der Waals surface area contributed by atoms with Crippen molar-refractivity contribution in [1.82, 2.24) is 5.32 Å². The number of sulfonamides is 1. The molecule has 2 unspecified atom stereocenters. The van der Waals surface area contributed by atoms with Crippen molar-refractivity contribution in [3.63, 3.8) is 0 Å². The molecule has 2 aromatic carbocycles. The molecular formula is C23H29N3O2S. The molecule has 0 saturated heterocycles. The maximum absolute atomic E-state index is 13.0. The molecule has 5 rings (SSSR count). The number of hydrogen-bond donors (Lipinski definition) is 2. The Bertz CT molecular complexity index is 984. The molecule has 2 aromatic rings. The first-order valence-electron chi connectivity index (χ1n) is 10.7. The van der Waals surface area contributed by atoms with E-state index in [0.29, 0.717) is 35.5 Å². The molecule has 154 valence electrons. The summed E-state index contributed by atoms with van der Waals surface area (Å²) >= 11 is 0. The average molecular weight is 412 g/mol. The summed E-state index contributed by atoms with van der Waals surface area (Å²) in [7, 11) is -3.49. The van der Waals surface area contributed by atoms with Gasteiger partial charge in [-0.15, -0.1) is 0 Å². The molecule has 2 aliphatic carbocycles. The minimum absolute atomic E-state index is 0.357. The first kappa shape index (κ1) is 19.1. The molecule has 0 spiro atoms. The molecule has 2 fully saturated rings. The van der Waals surface area contributed by atoms with Crippen molar-refractivity contribution in [3.05, 3.63) is 59.7 Å². The number of benzene rings is 2. The maximum atomic E-state index is 13.0. The van der Waals surface area contributed by atoms with Gasteiger partial charge in [-0.2, -0.15) is 0 Å². The number of nitrogens with two attached hydrogens (primary N) is 1. The SMILES string of the molecule is N[C@H]1CC[C@H](NC2CC2c2ccc3c(c2)CCN3S(=O)(=O)c2ccccc2)CC1. The Morgan fingerprint density at radius 2 is 1.76 bits per heavy atom. The third kappa shape index (κ3) is 3.69. The van der Waals surface area contributed by atoms with Gasteiger partial charge in [0, 0.05) is 30.6 Å². The zero-order chi connectivity index (χ0) is 20.0. The number of nitrogens with zero attached hydrogens (tertiary/aromatic N) is 1. The third-order valence-corrected chi connectivity index (χ3v) is 8.56. The van der Waals surface area contributed by atoms with Crippen LogP contribution in [0.2, 0.25) is 0 Å². The van der Waals surface area contributed by atoms with E-state index in [4.69, 9.17) is 5.73 Å². The zero-order valence-corrected chi connectivity index (χ0v) is 17.4. The Morgan fingerprint density at radius 1 is 1.00 bits per heavy atom. The lowest BCUT2D eigenvalue weighted by molar-refractivity contribution is 0.339. The standard InChI is InChI=1S/C23H29N3O2S/c24-18-7-9-19(10-8-18)25-22-15-21(22)16-6-11-23-17(14-16)12-13-26(23)29(27,28)20-4-2-1-3-5-20/h1-6,11,14,18-19,21-22,25H,7-10,12-13,15,24H2/t18-,19-,21?,22?. The topological polar surface area (TPSA) is 75.4 Å². The summed E-state index contributed by atoms with van der Waals surface area (Å²) in [6.07, 6.45) is 6.56. The summed E-state index contributed by atoms with van der Waals surface area (Å²) in [6.45, 7) is 0.519. The van der Waals surface area contributed by atoms with Gasteiger partial charge >= 0.3 is 0 Å². The summed E-state index contributed by atoms with van der Waals surface area (Å²) in [6, 6.07) is 16.6. The van der Waals surface area contributed by atoms with Crippen LogP contribution in [-0.4, -0.2) is 33.1 Å². The molecule has 0 radical (unpaired) electrons. The van der Waals surface area contributed by atoms with Gasteiger partial charge in [-0.05, 0) is 67.9 Å². The van der Waals surface area contributed by atoms with Crippen molar-refractivity contribution in [2.75, 3.05) is 10.8 Å². The van der Waals surface area contributed by atoms with Crippen LogP contribution in [0.3, 0.4) is 0 Å². The Hall–Kier alpha value is -1.89. The van der Waals surface area contributed by atoms with E-state index in [1.807, 2.05) is 12.1 Å². The second-order valence-corrected chi connectivity index (χ2v) is 10.6. The highest BCUT2D eigenvalue weighted by Crippen LogP contribution is 2.44. The van der Waals surface area contributed by atoms with Gasteiger partial charge in [-0.25, -0.2) is 8.42 Å².